The highest BCUT2D eigenvalue weighted by atomic mass is 32.1. The van der Waals surface area contributed by atoms with Crippen molar-refractivity contribution >= 4 is 33.1 Å². The van der Waals surface area contributed by atoms with E-state index in [0.717, 1.165) is 17.7 Å². The number of aliphatic hydroxyl groups excluding tert-OH is 1. The fourth-order valence-corrected chi connectivity index (χ4v) is 4.55. The lowest BCUT2D eigenvalue weighted by molar-refractivity contribution is -0.137. The molecule has 0 bridgehead atoms. The topological polar surface area (TPSA) is 107 Å². The van der Waals surface area contributed by atoms with Crippen molar-refractivity contribution in [3.05, 3.63) is 82.4 Å². The van der Waals surface area contributed by atoms with Crippen LogP contribution in [0, 0.1) is 0 Å². The average molecular weight is 534 g/mol. The van der Waals surface area contributed by atoms with E-state index >= 15 is 0 Å². The second kappa shape index (κ2) is 11.9. The monoisotopic (exact) mass is 533 g/mol. The van der Waals surface area contributed by atoms with Gasteiger partial charge in [-0.05, 0) is 35.2 Å². The van der Waals surface area contributed by atoms with Crippen LogP contribution in [0.15, 0.2) is 60.1 Å². The number of aromatic nitrogens is 1. The summed E-state index contributed by atoms with van der Waals surface area (Å²) >= 11 is 1.34. The lowest BCUT2D eigenvalue weighted by atomic mass is 10.1. The van der Waals surface area contributed by atoms with Crippen LogP contribution >= 0.6 is 11.3 Å². The first kappa shape index (κ1) is 27.8. The summed E-state index contributed by atoms with van der Waals surface area (Å²) in [4.78, 5) is 16.5. The van der Waals surface area contributed by atoms with Crippen LogP contribution in [0.1, 0.15) is 34.5 Å². The van der Waals surface area contributed by atoms with Crippen LogP contribution in [-0.2, 0) is 19.4 Å². The van der Waals surface area contributed by atoms with Gasteiger partial charge in [-0.1, -0.05) is 25.6 Å². The van der Waals surface area contributed by atoms with Crippen LogP contribution in [0.25, 0.3) is 10.1 Å². The third-order valence-electron chi connectivity index (χ3n) is 5.20. The number of rotatable bonds is 9. The lowest BCUT2D eigenvalue weighted by Crippen LogP contribution is -2.26. The zero-order chi connectivity index (χ0) is 25.7. The van der Waals surface area contributed by atoms with E-state index in [0.29, 0.717) is 32.7 Å². The number of pyridine rings is 1. The Morgan fingerprint density at radius 1 is 1.08 bits per heavy atom. The number of carbonyl (C=O) groups is 1. The van der Waals surface area contributed by atoms with Gasteiger partial charge in [0.1, 0.15) is 30.5 Å². The van der Waals surface area contributed by atoms with E-state index in [4.69, 9.17) is 20.3 Å². The number of benzene rings is 2. The van der Waals surface area contributed by atoms with Gasteiger partial charge in [-0.2, -0.15) is 13.2 Å². The van der Waals surface area contributed by atoms with Gasteiger partial charge in [0, 0.05) is 29.8 Å². The minimum absolute atomic E-state index is 0. The molecule has 4 aromatic rings. The van der Waals surface area contributed by atoms with E-state index < -0.39 is 11.7 Å². The number of nitrogens with one attached hydrogen (secondary N) is 1. The molecule has 2 aromatic carbocycles. The van der Waals surface area contributed by atoms with Crippen molar-refractivity contribution in [1.29, 1.82) is 0 Å². The molecule has 196 valence electrons. The molecular formula is C26H26F3N3O4S. The number of thiophene rings is 1. The van der Waals surface area contributed by atoms with Crippen LogP contribution in [0.5, 0.6) is 11.5 Å². The molecule has 7 nitrogen and oxygen atoms in total. The van der Waals surface area contributed by atoms with Crippen molar-refractivity contribution in [3.63, 3.8) is 0 Å². The Morgan fingerprint density at radius 2 is 1.78 bits per heavy atom. The molecule has 4 N–H and O–H groups in total. The Bertz CT molecular complexity index is 1370. The van der Waals surface area contributed by atoms with Gasteiger partial charge in [0.2, 0.25) is 0 Å². The van der Waals surface area contributed by atoms with Gasteiger partial charge < -0.3 is 25.6 Å². The van der Waals surface area contributed by atoms with Crippen molar-refractivity contribution in [3.8, 4) is 11.5 Å². The summed E-state index contributed by atoms with van der Waals surface area (Å²) < 4.78 is 51.0. The number of hydrogen-bond donors (Lipinski definition) is 3. The molecular weight excluding hydrogens is 507 g/mol. The second-order valence-corrected chi connectivity index (χ2v) is 8.63. The third kappa shape index (κ3) is 6.69. The smallest absolute Gasteiger partial charge is 0.416 e. The van der Waals surface area contributed by atoms with Crippen LogP contribution in [0.3, 0.4) is 0 Å². The number of ether oxygens (including phenoxy) is 2. The molecule has 4 rings (SSSR count). The Balaban J connectivity index is 0.00000380. The molecule has 2 aromatic heterocycles. The first-order chi connectivity index (χ1) is 17.3. The molecule has 0 spiro atoms. The number of fused-ring (bicyclic) bond motifs is 1. The largest absolute Gasteiger partial charge is 0.489 e. The SMILES string of the molecule is C.Nc1ncc(C(=O)NCCO)c2scc(COc3cccc(OCc4cccc(C(F)(F)F)c4)c3)c12. The molecule has 37 heavy (non-hydrogen) atoms. The molecule has 0 saturated carbocycles. The number of halogens is 3. The maximum Gasteiger partial charge on any atom is 0.416 e. The van der Waals surface area contributed by atoms with Crippen molar-refractivity contribution < 1.29 is 32.5 Å². The van der Waals surface area contributed by atoms with Crippen molar-refractivity contribution in [1.82, 2.24) is 10.3 Å². The number of amides is 1. The van der Waals surface area contributed by atoms with Crippen molar-refractivity contribution in [2.75, 3.05) is 18.9 Å². The summed E-state index contributed by atoms with van der Waals surface area (Å²) in [5, 5.41) is 14.0. The Hall–Kier alpha value is -3.83. The summed E-state index contributed by atoms with van der Waals surface area (Å²) in [5.74, 6) is 0.826. The number of alkyl halides is 3. The Labute approximate surface area is 215 Å². The number of aliphatic hydroxyl groups is 1. The zero-order valence-electron chi connectivity index (χ0n) is 18.8. The molecule has 0 aliphatic rings. The maximum absolute atomic E-state index is 12.9. The zero-order valence-corrected chi connectivity index (χ0v) is 19.7. The molecule has 0 atom stereocenters. The van der Waals surface area contributed by atoms with E-state index in [1.54, 1.807) is 30.3 Å². The van der Waals surface area contributed by atoms with Gasteiger partial charge in [-0.25, -0.2) is 4.98 Å². The molecule has 1 amide bonds. The second-order valence-electron chi connectivity index (χ2n) is 7.75. The molecule has 0 radical (unpaired) electrons. The van der Waals surface area contributed by atoms with Gasteiger partial charge in [-0.3, -0.25) is 4.79 Å². The van der Waals surface area contributed by atoms with E-state index in [2.05, 4.69) is 10.3 Å². The molecule has 0 saturated heterocycles. The van der Waals surface area contributed by atoms with Crippen LogP contribution < -0.4 is 20.5 Å². The highest BCUT2D eigenvalue weighted by Gasteiger charge is 2.30. The summed E-state index contributed by atoms with van der Waals surface area (Å²) in [6.45, 7) is 0.0539. The van der Waals surface area contributed by atoms with Gasteiger partial charge in [0.25, 0.3) is 5.91 Å². The minimum Gasteiger partial charge on any atom is -0.489 e. The molecule has 0 aliphatic heterocycles. The van der Waals surface area contributed by atoms with Gasteiger partial charge >= 0.3 is 6.18 Å². The molecule has 11 heteroatoms. The van der Waals surface area contributed by atoms with E-state index in [9.17, 15) is 18.0 Å². The average Bonchev–Trinajstić information content (AvgIpc) is 3.30. The third-order valence-corrected chi connectivity index (χ3v) is 6.26. The maximum atomic E-state index is 12.9. The Morgan fingerprint density at radius 3 is 2.49 bits per heavy atom. The summed E-state index contributed by atoms with van der Waals surface area (Å²) in [7, 11) is 0. The van der Waals surface area contributed by atoms with E-state index in [1.807, 2.05) is 5.38 Å². The number of anilines is 1. The van der Waals surface area contributed by atoms with Gasteiger partial charge in [0.15, 0.2) is 0 Å². The fraction of sp³-hybridized carbons (Fsp3) is 0.231. The normalized spacial score (nSPS) is 11.1. The van der Waals surface area contributed by atoms with Crippen LogP contribution in [0.4, 0.5) is 19.0 Å². The summed E-state index contributed by atoms with van der Waals surface area (Å²) in [5.41, 5.74) is 6.83. The summed E-state index contributed by atoms with van der Waals surface area (Å²) in [6, 6.07) is 11.7. The molecule has 0 unspecified atom stereocenters. The first-order valence-electron chi connectivity index (χ1n) is 10.8. The number of carbonyl (C=O) groups excluding carboxylic acids is 1. The van der Waals surface area contributed by atoms with Crippen molar-refractivity contribution in [2.24, 2.45) is 0 Å². The lowest BCUT2D eigenvalue weighted by Gasteiger charge is -2.11. The number of hydrogen-bond acceptors (Lipinski definition) is 7. The number of nitrogens with two attached hydrogens (primary N) is 1. The van der Waals surface area contributed by atoms with Crippen LogP contribution in [-0.4, -0.2) is 29.1 Å². The van der Waals surface area contributed by atoms with Crippen LogP contribution in [0.2, 0.25) is 0 Å². The molecule has 2 heterocycles. The highest BCUT2D eigenvalue weighted by Crippen LogP contribution is 2.34. The first-order valence-corrected chi connectivity index (χ1v) is 11.7. The highest BCUT2D eigenvalue weighted by molar-refractivity contribution is 7.17. The van der Waals surface area contributed by atoms with Crippen molar-refractivity contribution in [2.45, 2.75) is 26.8 Å². The molecule has 0 aliphatic carbocycles. The van der Waals surface area contributed by atoms with Gasteiger partial charge in [0.05, 0.1) is 22.4 Å². The van der Waals surface area contributed by atoms with E-state index in [-0.39, 0.29) is 45.5 Å². The van der Waals surface area contributed by atoms with Gasteiger partial charge in [-0.15, -0.1) is 11.3 Å². The quantitative estimate of drug-likeness (QED) is 0.266. The Kier molecular flexibility index (Phi) is 8.95. The number of nitrogen functional groups attached to an aromatic ring is 1. The number of nitrogens with zero attached hydrogens (tertiary/aromatic N) is 1. The molecule has 0 fully saturated rings. The standard InChI is InChI=1S/C25H22F3N3O4S.CH4/c26-25(27,28)17-4-1-3-15(9-17)12-34-18-5-2-6-19(10-18)35-13-16-14-36-22-20(24(33)30-7-8-32)11-31-23(29)21(16)22;/h1-6,9-11,14,32H,7-8,12-13H2,(H2,29,31)(H,30,33);1H4. The van der Waals surface area contributed by atoms with E-state index in [1.165, 1.54) is 23.6 Å². The predicted molar refractivity (Wildman–Crippen MR) is 137 cm³/mol. The fourth-order valence-electron chi connectivity index (χ4n) is 3.48. The summed E-state index contributed by atoms with van der Waals surface area (Å²) in [6.07, 6.45) is -3.02. The predicted octanol–water partition coefficient (Wildman–Crippen LogP) is 5.41. The minimum atomic E-state index is -4.42.